The molecule has 0 aliphatic carbocycles. The highest BCUT2D eigenvalue weighted by atomic mass is 19.1. The molecule has 4 aromatic carbocycles. The van der Waals surface area contributed by atoms with Crippen molar-refractivity contribution in [1.82, 2.24) is 0 Å². The van der Waals surface area contributed by atoms with Crippen LogP contribution in [0.4, 0.5) is 4.39 Å². The maximum Gasteiger partial charge on any atom is 0.349 e. The van der Waals surface area contributed by atoms with Crippen molar-refractivity contribution in [2.24, 2.45) is 5.73 Å². The molecule has 1 atom stereocenters. The number of fused-ring (bicyclic) bond motifs is 1. The van der Waals surface area contributed by atoms with Crippen LogP contribution in [0.3, 0.4) is 0 Å². The van der Waals surface area contributed by atoms with Gasteiger partial charge < -0.3 is 24.7 Å². The van der Waals surface area contributed by atoms with Gasteiger partial charge in [0.05, 0.1) is 5.92 Å². The number of halogens is 1. The first kappa shape index (κ1) is 26.3. The van der Waals surface area contributed by atoms with Crippen molar-refractivity contribution in [1.29, 1.82) is 5.26 Å². The Morgan fingerprint density at radius 2 is 1.70 bits per heavy atom. The van der Waals surface area contributed by atoms with Gasteiger partial charge in [0.15, 0.2) is 6.61 Å². The molecule has 0 bridgehead atoms. The van der Waals surface area contributed by atoms with Gasteiger partial charge in [-0.2, -0.15) is 5.26 Å². The van der Waals surface area contributed by atoms with Gasteiger partial charge in [-0.05, 0) is 60.5 Å². The minimum absolute atomic E-state index is 0.0381. The van der Waals surface area contributed by atoms with Crippen LogP contribution in [0.1, 0.15) is 28.2 Å². The summed E-state index contributed by atoms with van der Waals surface area (Å²) in [6.45, 7) is 1.94. The number of nitrogens with two attached hydrogens (primary N) is 1. The number of allylic oxidation sites excluding steroid dienone is 1. The first-order valence-electron chi connectivity index (χ1n) is 12.5. The van der Waals surface area contributed by atoms with Crippen LogP contribution in [-0.2, 0) is 11.4 Å². The lowest BCUT2D eigenvalue weighted by atomic mass is 9.83. The number of hydrogen-bond acceptors (Lipinski definition) is 7. The third-order valence-electron chi connectivity index (χ3n) is 6.31. The highest BCUT2D eigenvalue weighted by molar-refractivity contribution is 5.74. The van der Waals surface area contributed by atoms with Crippen molar-refractivity contribution in [3.8, 4) is 29.1 Å². The predicted molar refractivity (Wildman–Crippen MR) is 145 cm³/mol. The normalized spacial score (nSPS) is 14.0. The summed E-state index contributed by atoms with van der Waals surface area (Å²) in [4.78, 5) is 12.4. The van der Waals surface area contributed by atoms with E-state index in [1.54, 1.807) is 48.5 Å². The number of nitrogens with zero attached hydrogens (tertiary/aromatic N) is 1. The number of carbonyl (C=O) groups is 1. The van der Waals surface area contributed by atoms with Crippen LogP contribution in [0, 0.1) is 24.1 Å². The summed E-state index contributed by atoms with van der Waals surface area (Å²) in [6.07, 6.45) is 0. The minimum Gasteiger partial charge on any atom is -0.489 e. The number of ether oxygens (including phenoxy) is 4. The Hall–Kier alpha value is -5.29. The molecule has 0 radical (unpaired) electrons. The summed E-state index contributed by atoms with van der Waals surface area (Å²) in [6, 6.07) is 27.8. The molecule has 0 aromatic heterocycles. The van der Waals surface area contributed by atoms with Gasteiger partial charge in [-0.15, -0.1) is 0 Å². The molecule has 200 valence electrons. The number of hydrogen-bond donors (Lipinski definition) is 1. The van der Waals surface area contributed by atoms with Crippen molar-refractivity contribution in [2.75, 3.05) is 6.61 Å². The molecule has 5 rings (SSSR count). The smallest absolute Gasteiger partial charge is 0.349 e. The number of carbonyl (C=O) groups excluding carboxylic acids is 1. The van der Waals surface area contributed by atoms with Gasteiger partial charge >= 0.3 is 5.97 Å². The fourth-order valence-electron chi connectivity index (χ4n) is 4.31. The Kier molecular flexibility index (Phi) is 7.65. The molecule has 1 aliphatic rings. The quantitative estimate of drug-likeness (QED) is 0.220. The van der Waals surface area contributed by atoms with E-state index in [0.29, 0.717) is 22.8 Å². The fourth-order valence-corrected chi connectivity index (χ4v) is 4.31. The maximum absolute atomic E-state index is 13.2. The molecule has 1 aliphatic heterocycles. The second-order valence-electron chi connectivity index (χ2n) is 9.19. The third-order valence-corrected chi connectivity index (χ3v) is 6.31. The molecule has 0 saturated carbocycles. The summed E-state index contributed by atoms with van der Waals surface area (Å²) < 4.78 is 35.8. The largest absolute Gasteiger partial charge is 0.489 e. The van der Waals surface area contributed by atoms with E-state index in [-0.39, 0.29) is 36.2 Å². The van der Waals surface area contributed by atoms with Crippen LogP contribution in [0.15, 0.2) is 102 Å². The van der Waals surface area contributed by atoms with E-state index in [2.05, 4.69) is 6.07 Å². The Labute approximate surface area is 230 Å². The summed E-state index contributed by atoms with van der Waals surface area (Å²) >= 11 is 0. The number of esters is 1. The summed E-state index contributed by atoms with van der Waals surface area (Å²) in [7, 11) is 0. The van der Waals surface area contributed by atoms with Gasteiger partial charge in [0.2, 0.25) is 5.88 Å². The van der Waals surface area contributed by atoms with E-state index in [1.807, 2.05) is 37.3 Å². The van der Waals surface area contributed by atoms with E-state index >= 15 is 0 Å². The molecule has 40 heavy (non-hydrogen) atoms. The maximum atomic E-state index is 13.2. The lowest BCUT2D eigenvalue weighted by Crippen LogP contribution is -2.21. The van der Waals surface area contributed by atoms with Crippen molar-refractivity contribution >= 4 is 5.97 Å². The highest BCUT2D eigenvalue weighted by Crippen LogP contribution is 2.44. The molecule has 7 nitrogen and oxygen atoms in total. The Balaban J connectivity index is 1.33. The summed E-state index contributed by atoms with van der Waals surface area (Å²) in [5.74, 6) is 0.283. The van der Waals surface area contributed by atoms with E-state index in [0.717, 1.165) is 16.7 Å². The molecule has 1 heterocycles. The topological polar surface area (TPSA) is 104 Å². The zero-order valence-corrected chi connectivity index (χ0v) is 21.6. The van der Waals surface area contributed by atoms with Gasteiger partial charge in [0.1, 0.15) is 47.1 Å². The molecule has 2 N–H and O–H groups in total. The fraction of sp³-hybridized carbons (Fsp3) is 0.125. The molecule has 4 aromatic rings. The standard InChI is InChI=1S/C32H25FN2O5/c1-20-5-11-24(12-6-20)38-19-30(36)39-26-13-14-27-29(16-26)40-32(35)28(17-34)31(27)22-3-2-4-25(15-22)37-18-21-7-9-23(33)10-8-21/h2-16,31H,18-19,35H2,1H3. The highest BCUT2D eigenvalue weighted by Gasteiger charge is 2.31. The van der Waals surface area contributed by atoms with Gasteiger partial charge in [-0.1, -0.05) is 48.0 Å². The average molecular weight is 537 g/mol. The summed E-state index contributed by atoms with van der Waals surface area (Å²) in [5, 5.41) is 9.89. The van der Waals surface area contributed by atoms with Crippen LogP contribution in [0.5, 0.6) is 23.0 Å². The lowest BCUT2D eigenvalue weighted by Gasteiger charge is -2.27. The van der Waals surface area contributed by atoms with Gasteiger partial charge in [-0.25, -0.2) is 9.18 Å². The number of benzene rings is 4. The first-order chi connectivity index (χ1) is 19.4. The van der Waals surface area contributed by atoms with Crippen molar-refractivity contribution in [3.05, 3.63) is 131 Å². The van der Waals surface area contributed by atoms with Crippen molar-refractivity contribution < 1.29 is 28.1 Å². The van der Waals surface area contributed by atoms with E-state index in [1.165, 1.54) is 12.1 Å². The monoisotopic (exact) mass is 536 g/mol. The van der Waals surface area contributed by atoms with Gasteiger partial charge in [-0.3, -0.25) is 0 Å². The van der Waals surface area contributed by atoms with E-state index in [4.69, 9.17) is 24.7 Å². The van der Waals surface area contributed by atoms with E-state index < -0.39 is 11.9 Å². The molecule has 0 saturated heterocycles. The van der Waals surface area contributed by atoms with Crippen molar-refractivity contribution in [3.63, 3.8) is 0 Å². The molecule has 1 unspecified atom stereocenters. The SMILES string of the molecule is Cc1ccc(OCC(=O)Oc2ccc3c(c2)OC(N)=C(C#N)C3c2cccc(OCc3ccc(F)cc3)c2)cc1. The van der Waals surface area contributed by atoms with Crippen LogP contribution >= 0.6 is 0 Å². The first-order valence-corrected chi connectivity index (χ1v) is 12.5. The lowest BCUT2D eigenvalue weighted by molar-refractivity contribution is -0.136. The number of aryl methyl sites for hydroxylation is 1. The molecule has 0 amide bonds. The Morgan fingerprint density at radius 3 is 2.45 bits per heavy atom. The van der Waals surface area contributed by atoms with Gasteiger partial charge in [0, 0.05) is 11.6 Å². The van der Waals surface area contributed by atoms with Crippen molar-refractivity contribution in [2.45, 2.75) is 19.4 Å². The molecule has 0 spiro atoms. The van der Waals surface area contributed by atoms with E-state index in [9.17, 15) is 14.4 Å². The molecular formula is C32H25FN2O5. The molecule has 8 heteroatoms. The predicted octanol–water partition coefficient (Wildman–Crippen LogP) is 5.92. The van der Waals surface area contributed by atoms with Crippen LogP contribution in [-0.4, -0.2) is 12.6 Å². The summed E-state index contributed by atoms with van der Waals surface area (Å²) in [5.41, 5.74) is 9.72. The number of rotatable bonds is 8. The zero-order valence-electron chi connectivity index (χ0n) is 21.6. The molecule has 0 fully saturated rings. The van der Waals surface area contributed by atoms with Crippen LogP contribution in [0.25, 0.3) is 0 Å². The second kappa shape index (κ2) is 11.6. The number of nitriles is 1. The zero-order chi connectivity index (χ0) is 28.1. The Bertz CT molecular complexity index is 1610. The second-order valence-corrected chi connectivity index (χ2v) is 9.19. The Morgan fingerprint density at radius 1 is 0.950 bits per heavy atom. The average Bonchev–Trinajstić information content (AvgIpc) is 2.96. The van der Waals surface area contributed by atoms with Crippen LogP contribution < -0.4 is 24.7 Å². The third kappa shape index (κ3) is 6.05. The van der Waals surface area contributed by atoms with Crippen LogP contribution in [0.2, 0.25) is 0 Å². The molecular weight excluding hydrogens is 511 g/mol. The van der Waals surface area contributed by atoms with Gasteiger partial charge in [0.25, 0.3) is 0 Å². The minimum atomic E-state index is -0.583.